The maximum absolute atomic E-state index is 5.20. The Morgan fingerprint density at radius 2 is 0.853 bits per heavy atom. The van der Waals surface area contributed by atoms with Crippen LogP contribution in [-0.2, 0) is 0 Å². The molecule has 0 aliphatic heterocycles. The van der Waals surface area contributed by atoms with Gasteiger partial charge in [-0.25, -0.2) is 9.97 Å². The maximum atomic E-state index is 5.20. The first-order valence-corrected chi connectivity index (χ1v) is 10.7. The maximum Gasteiger partial charge on any atom is 0.118 e. The molecule has 5 rings (SSSR count). The van der Waals surface area contributed by atoms with Gasteiger partial charge in [-0.3, -0.25) is 0 Å². The molecular weight excluding hydrogens is 420 g/mol. The minimum absolute atomic E-state index is 0.687. The van der Waals surface area contributed by atoms with Crippen molar-refractivity contribution < 1.29 is 9.47 Å². The smallest absolute Gasteiger partial charge is 0.118 e. The fourth-order valence-corrected chi connectivity index (χ4v) is 3.53. The van der Waals surface area contributed by atoms with Gasteiger partial charge in [0, 0.05) is 21.9 Å². The molecule has 0 N–H and O–H groups in total. The molecule has 34 heavy (non-hydrogen) atoms. The highest BCUT2D eigenvalue weighted by Gasteiger charge is 2.05. The number of methoxy groups -OCH3 is 2. The molecule has 2 heterocycles. The lowest BCUT2D eigenvalue weighted by molar-refractivity contribution is 0.414. The Bertz CT molecular complexity index is 1490. The quantitative estimate of drug-likeness (QED) is 0.265. The first-order chi connectivity index (χ1) is 16.7. The molecule has 0 saturated carbocycles. The van der Waals surface area contributed by atoms with Gasteiger partial charge < -0.3 is 9.47 Å². The van der Waals surface area contributed by atoms with E-state index in [1.165, 1.54) is 0 Å². The van der Waals surface area contributed by atoms with Crippen LogP contribution < -0.4 is 9.47 Å². The molecule has 0 aliphatic carbocycles. The second kappa shape index (κ2) is 9.36. The van der Waals surface area contributed by atoms with Gasteiger partial charge in [0.1, 0.15) is 22.9 Å². The third-order valence-corrected chi connectivity index (χ3v) is 5.37. The third kappa shape index (κ3) is 4.53. The molecular formula is C30H20N2O2. The summed E-state index contributed by atoms with van der Waals surface area (Å²) < 4.78 is 10.4. The van der Waals surface area contributed by atoms with E-state index in [2.05, 4.69) is 35.8 Å². The minimum Gasteiger partial charge on any atom is -0.497 e. The second-order valence-electron chi connectivity index (χ2n) is 7.56. The predicted molar refractivity (Wildman–Crippen MR) is 135 cm³/mol. The molecule has 5 aromatic rings. The molecule has 2 aromatic heterocycles. The van der Waals surface area contributed by atoms with Crippen LogP contribution in [0.15, 0.2) is 84.9 Å². The Balaban J connectivity index is 1.51. The summed E-state index contributed by atoms with van der Waals surface area (Å²) in [4.78, 5) is 9.62. The highest BCUT2D eigenvalue weighted by Crippen LogP contribution is 2.23. The monoisotopic (exact) mass is 440 g/mol. The van der Waals surface area contributed by atoms with Crippen LogP contribution in [0, 0.1) is 23.7 Å². The summed E-state index contributed by atoms with van der Waals surface area (Å²) in [5.41, 5.74) is 4.80. The zero-order valence-corrected chi connectivity index (χ0v) is 18.8. The molecule has 0 fully saturated rings. The molecule has 0 bridgehead atoms. The highest BCUT2D eigenvalue weighted by molar-refractivity contribution is 6.03. The van der Waals surface area contributed by atoms with Crippen LogP contribution >= 0.6 is 0 Å². The number of aromatic nitrogens is 2. The van der Waals surface area contributed by atoms with E-state index in [4.69, 9.17) is 19.4 Å². The summed E-state index contributed by atoms with van der Waals surface area (Å²) in [6.07, 6.45) is 0. The van der Waals surface area contributed by atoms with Crippen LogP contribution in [0.1, 0.15) is 22.5 Å². The Kier molecular flexibility index (Phi) is 5.80. The SMILES string of the molecule is COc1ccc(C#Cc2ccc3ccc4ccc(C#Cc5ccc(OC)cc5)nc4c3n2)cc1. The van der Waals surface area contributed by atoms with Gasteiger partial charge in [0.2, 0.25) is 0 Å². The molecule has 3 aromatic carbocycles. The Labute approximate surface area is 198 Å². The summed E-state index contributed by atoms with van der Waals surface area (Å²) in [7, 11) is 3.29. The molecule has 0 spiro atoms. The van der Waals surface area contributed by atoms with Gasteiger partial charge >= 0.3 is 0 Å². The molecule has 162 valence electrons. The molecule has 4 heteroatoms. The average molecular weight is 441 g/mol. The lowest BCUT2D eigenvalue weighted by Gasteiger charge is -2.04. The molecule has 0 unspecified atom stereocenters. The first-order valence-electron chi connectivity index (χ1n) is 10.7. The van der Waals surface area contributed by atoms with Gasteiger partial charge in [0.15, 0.2) is 0 Å². The summed E-state index contributed by atoms with van der Waals surface area (Å²) in [6.45, 7) is 0. The van der Waals surface area contributed by atoms with Crippen LogP contribution in [0.4, 0.5) is 0 Å². The number of fused-ring (bicyclic) bond motifs is 3. The van der Waals surface area contributed by atoms with Crippen LogP contribution in [0.5, 0.6) is 11.5 Å². The molecule has 0 aliphatic rings. The van der Waals surface area contributed by atoms with Crippen molar-refractivity contribution in [3.63, 3.8) is 0 Å². The number of ether oxygens (including phenoxy) is 2. The second-order valence-corrected chi connectivity index (χ2v) is 7.56. The van der Waals surface area contributed by atoms with E-state index >= 15 is 0 Å². The topological polar surface area (TPSA) is 44.2 Å². The van der Waals surface area contributed by atoms with E-state index in [-0.39, 0.29) is 0 Å². The van der Waals surface area contributed by atoms with Crippen LogP contribution in [0.2, 0.25) is 0 Å². The van der Waals surface area contributed by atoms with Gasteiger partial charge in [-0.15, -0.1) is 0 Å². The number of benzene rings is 3. The summed E-state index contributed by atoms with van der Waals surface area (Å²) in [5, 5.41) is 2.02. The lowest BCUT2D eigenvalue weighted by Crippen LogP contribution is -1.91. The van der Waals surface area contributed by atoms with Crippen LogP contribution in [0.25, 0.3) is 21.8 Å². The van der Waals surface area contributed by atoms with Crippen molar-refractivity contribution in [2.75, 3.05) is 14.2 Å². The number of hydrogen-bond donors (Lipinski definition) is 0. The lowest BCUT2D eigenvalue weighted by atomic mass is 10.1. The number of hydrogen-bond acceptors (Lipinski definition) is 4. The first kappa shape index (κ1) is 21.1. The molecule has 0 radical (unpaired) electrons. The van der Waals surface area contributed by atoms with Gasteiger partial charge in [-0.05, 0) is 84.6 Å². The van der Waals surface area contributed by atoms with Gasteiger partial charge in [0.05, 0.1) is 25.3 Å². The fourth-order valence-electron chi connectivity index (χ4n) is 3.53. The van der Waals surface area contributed by atoms with Crippen molar-refractivity contribution in [3.05, 3.63) is 107 Å². The summed E-state index contributed by atoms with van der Waals surface area (Å²) >= 11 is 0. The molecule has 0 atom stereocenters. The number of rotatable bonds is 2. The van der Waals surface area contributed by atoms with Crippen molar-refractivity contribution in [2.45, 2.75) is 0 Å². The van der Waals surface area contributed by atoms with Crippen molar-refractivity contribution in [1.82, 2.24) is 9.97 Å². The van der Waals surface area contributed by atoms with E-state index in [1.807, 2.05) is 72.8 Å². The van der Waals surface area contributed by atoms with Crippen molar-refractivity contribution in [1.29, 1.82) is 0 Å². The van der Waals surface area contributed by atoms with E-state index in [1.54, 1.807) is 14.2 Å². The molecule has 0 saturated heterocycles. The third-order valence-electron chi connectivity index (χ3n) is 5.37. The predicted octanol–water partition coefficient (Wildman–Crippen LogP) is 5.60. The van der Waals surface area contributed by atoms with Crippen molar-refractivity contribution >= 4 is 21.8 Å². The largest absolute Gasteiger partial charge is 0.497 e. The van der Waals surface area contributed by atoms with Crippen molar-refractivity contribution in [3.8, 4) is 35.2 Å². The zero-order chi connectivity index (χ0) is 23.3. The average Bonchev–Trinajstić information content (AvgIpc) is 2.91. The normalized spacial score (nSPS) is 10.2. The van der Waals surface area contributed by atoms with E-state index < -0.39 is 0 Å². The highest BCUT2D eigenvalue weighted by atomic mass is 16.5. The van der Waals surface area contributed by atoms with Gasteiger partial charge in [0.25, 0.3) is 0 Å². The summed E-state index contributed by atoms with van der Waals surface area (Å²) in [6, 6.07) is 27.3. The van der Waals surface area contributed by atoms with E-state index in [9.17, 15) is 0 Å². The van der Waals surface area contributed by atoms with Gasteiger partial charge in [-0.2, -0.15) is 0 Å². The van der Waals surface area contributed by atoms with Gasteiger partial charge in [-0.1, -0.05) is 24.0 Å². The fraction of sp³-hybridized carbons (Fsp3) is 0.0667. The minimum atomic E-state index is 0.687. The number of pyridine rings is 2. The Hall–Kier alpha value is -4.80. The van der Waals surface area contributed by atoms with E-state index in [0.717, 1.165) is 44.4 Å². The zero-order valence-electron chi connectivity index (χ0n) is 18.8. The van der Waals surface area contributed by atoms with Crippen molar-refractivity contribution in [2.24, 2.45) is 0 Å². The van der Waals surface area contributed by atoms with E-state index in [0.29, 0.717) is 11.4 Å². The molecule has 4 nitrogen and oxygen atoms in total. The number of nitrogens with zero attached hydrogens (tertiary/aromatic N) is 2. The summed E-state index contributed by atoms with van der Waals surface area (Å²) in [5.74, 6) is 14.2. The Morgan fingerprint density at radius 1 is 0.471 bits per heavy atom. The molecule has 0 amide bonds. The van der Waals surface area contributed by atoms with Crippen LogP contribution in [0.3, 0.4) is 0 Å². The van der Waals surface area contributed by atoms with Crippen LogP contribution in [-0.4, -0.2) is 24.2 Å². The Morgan fingerprint density at radius 3 is 1.24 bits per heavy atom. The standard InChI is InChI=1S/C30H20N2O2/c1-33-27-17-5-21(6-18-27)3-13-25-15-11-23-9-10-24-12-16-26(32-30(24)29(23)31-25)14-4-22-7-19-28(34-2)20-8-22/h5-12,15-20H,1-2H3.